The van der Waals surface area contributed by atoms with Crippen molar-refractivity contribution >= 4 is 16.0 Å². The van der Waals surface area contributed by atoms with E-state index in [1.807, 2.05) is 6.92 Å². The highest BCUT2D eigenvalue weighted by Crippen LogP contribution is 2.34. The summed E-state index contributed by atoms with van der Waals surface area (Å²) < 4.78 is 28.1. The van der Waals surface area contributed by atoms with Crippen LogP contribution in [0.25, 0.3) is 0 Å². The number of sulfonamides is 1. The molecule has 1 heterocycles. The molecule has 8 heteroatoms. The molecule has 0 radical (unpaired) electrons. The van der Waals surface area contributed by atoms with Gasteiger partial charge in [0.2, 0.25) is 10.0 Å². The SMILES string of the molecule is CCC(CC1CC1)NS(=O)(=O)c1cnn(CC(=O)O)c1. The highest BCUT2D eigenvalue weighted by molar-refractivity contribution is 7.89. The van der Waals surface area contributed by atoms with Crippen molar-refractivity contribution in [1.29, 1.82) is 0 Å². The van der Waals surface area contributed by atoms with E-state index < -0.39 is 16.0 Å². The second-order valence-corrected chi connectivity index (χ2v) is 6.89. The monoisotopic (exact) mass is 301 g/mol. The van der Waals surface area contributed by atoms with E-state index in [0.717, 1.165) is 17.5 Å². The maximum absolute atomic E-state index is 12.2. The predicted molar refractivity (Wildman–Crippen MR) is 71.6 cm³/mol. The lowest BCUT2D eigenvalue weighted by atomic mass is 10.1. The maximum atomic E-state index is 12.2. The fourth-order valence-corrected chi connectivity index (χ4v) is 3.33. The molecule has 7 nitrogen and oxygen atoms in total. The fourth-order valence-electron chi connectivity index (χ4n) is 2.05. The van der Waals surface area contributed by atoms with Gasteiger partial charge in [0.05, 0.1) is 6.20 Å². The minimum Gasteiger partial charge on any atom is -0.480 e. The molecule has 0 aliphatic heterocycles. The molecular formula is C12H19N3O4S. The lowest BCUT2D eigenvalue weighted by molar-refractivity contribution is -0.137. The molecule has 0 aromatic carbocycles. The molecule has 1 fully saturated rings. The van der Waals surface area contributed by atoms with Gasteiger partial charge in [0.1, 0.15) is 11.4 Å². The number of carboxylic acid groups (broad SMARTS) is 1. The lowest BCUT2D eigenvalue weighted by Crippen LogP contribution is -2.34. The smallest absolute Gasteiger partial charge is 0.325 e. The van der Waals surface area contributed by atoms with Crippen molar-refractivity contribution in [3.8, 4) is 0 Å². The van der Waals surface area contributed by atoms with Crippen molar-refractivity contribution in [3.05, 3.63) is 12.4 Å². The number of aromatic nitrogens is 2. The molecule has 0 bridgehead atoms. The molecule has 0 saturated heterocycles. The summed E-state index contributed by atoms with van der Waals surface area (Å²) in [5.41, 5.74) is 0. The van der Waals surface area contributed by atoms with Gasteiger partial charge in [-0.25, -0.2) is 13.1 Å². The van der Waals surface area contributed by atoms with Crippen LogP contribution in [-0.2, 0) is 21.4 Å². The van der Waals surface area contributed by atoms with Crippen molar-refractivity contribution in [1.82, 2.24) is 14.5 Å². The lowest BCUT2D eigenvalue weighted by Gasteiger charge is -2.15. The van der Waals surface area contributed by atoms with Crippen molar-refractivity contribution in [2.45, 2.75) is 50.1 Å². The minimum absolute atomic E-state index is 0.00740. The Morgan fingerprint density at radius 2 is 2.30 bits per heavy atom. The van der Waals surface area contributed by atoms with Crippen LogP contribution in [0.15, 0.2) is 17.3 Å². The molecule has 1 aromatic rings. The number of aliphatic carboxylic acids is 1. The van der Waals surface area contributed by atoms with Gasteiger partial charge in [0.25, 0.3) is 0 Å². The van der Waals surface area contributed by atoms with E-state index in [2.05, 4.69) is 9.82 Å². The standard InChI is InChI=1S/C12H19N3O4S/c1-2-10(5-9-3-4-9)14-20(18,19)11-6-13-15(7-11)8-12(16)17/h6-7,9-10,14H,2-5,8H2,1H3,(H,16,17). The summed E-state index contributed by atoms with van der Waals surface area (Å²) in [5.74, 6) is -0.428. The molecule has 1 saturated carbocycles. The summed E-state index contributed by atoms with van der Waals surface area (Å²) >= 11 is 0. The molecule has 1 aromatic heterocycles. The quantitative estimate of drug-likeness (QED) is 0.740. The summed E-state index contributed by atoms with van der Waals surface area (Å²) in [6.07, 6.45) is 6.36. The molecular weight excluding hydrogens is 282 g/mol. The highest BCUT2D eigenvalue weighted by Gasteiger charge is 2.28. The fraction of sp³-hybridized carbons (Fsp3) is 0.667. The van der Waals surface area contributed by atoms with Crippen LogP contribution in [0.4, 0.5) is 0 Å². The molecule has 2 rings (SSSR count). The Labute approximate surface area is 118 Å². The summed E-state index contributed by atoms with van der Waals surface area (Å²) in [5, 5.41) is 12.4. The van der Waals surface area contributed by atoms with Gasteiger partial charge in [0.15, 0.2) is 0 Å². The van der Waals surface area contributed by atoms with Crippen molar-refractivity contribution in [2.75, 3.05) is 0 Å². The molecule has 1 atom stereocenters. The third kappa shape index (κ3) is 4.04. The Morgan fingerprint density at radius 1 is 1.60 bits per heavy atom. The molecule has 0 amide bonds. The zero-order valence-electron chi connectivity index (χ0n) is 11.3. The van der Waals surface area contributed by atoms with Crippen molar-refractivity contribution < 1.29 is 18.3 Å². The average molecular weight is 301 g/mol. The number of nitrogens with zero attached hydrogens (tertiary/aromatic N) is 2. The van der Waals surface area contributed by atoms with Crippen LogP contribution in [-0.4, -0.2) is 35.3 Å². The van der Waals surface area contributed by atoms with E-state index in [4.69, 9.17) is 5.11 Å². The van der Waals surface area contributed by atoms with Gasteiger partial charge in [-0.2, -0.15) is 5.10 Å². The summed E-state index contributed by atoms with van der Waals surface area (Å²) in [6, 6.07) is -0.0738. The van der Waals surface area contributed by atoms with Crippen molar-refractivity contribution in [3.63, 3.8) is 0 Å². The van der Waals surface area contributed by atoms with Crippen LogP contribution in [0.1, 0.15) is 32.6 Å². The van der Waals surface area contributed by atoms with Crippen LogP contribution in [0.5, 0.6) is 0 Å². The van der Waals surface area contributed by atoms with Gasteiger partial charge in [-0.15, -0.1) is 0 Å². The summed E-state index contributed by atoms with van der Waals surface area (Å²) in [6.45, 7) is 1.60. The molecule has 0 spiro atoms. The van der Waals surface area contributed by atoms with E-state index >= 15 is 0 Å². The van der Waals surface area contributed by atoms with Crippen molar-refractivity contribution in [2.24, 2.45) is 5.92 Å². The largest absolute Gasteiger partial charge is 0.480 e. The number of nitrogens with one attached hydrogen (secondary N) is 1. The molecule has 112 valence electrons. The summed E-state index contributed by atoms with van der Waals surface area (Å²) in [7, 11) is -3.63. The first-order valence-corrected chi connectivity index (χ1v) is 8.15. The average Bonchev–Trinajstić information content (AvgIpc) is 3.04. The van der Waals surface area contributed by atoms with Crippen LogP contribution in [0.2, 0.25) is 0 Å². The van der Waals surface area contributed by atoms with Crippen LogP contribution >= 0.6 is 0 Å². The van der Waals surface area contributed by atoms with Gasteiger partial charge in [-0.05, 0) is 18.8 Å². The van der Waals surface area contributed by atoms with Gasteiger partial charge < -0.3 is 5.11 Å². The third-order valence-corrected chi connectivity index (χ3v) is 4.82. The Balaban J connectivity index is 2.04. The first kappa shape index (κ1) is 15.0. The molecule has 1 unspecified atom stereocenters. The zero-order chi connectivity index (χ0) is 14.8. The molecule has 20 heavy (non-hydrogen) atoms. The highest BCUT2D eigenvalue weighted by atomic mass is 32.2. The minimum atomic E-state index is -3.63. The number of hydrogen-bond acceptors (Lipinski definition) is 4. The first-order chi connectivity index (χ1) is 9.40. The second kappa shape index (κ2) is 5.92. The number of rotatable bonds is 8. The Hall–Kier alpha value is -1.41. The van der Waals surface area contributed by atoms with Crippen LogP contribution in [0, 0.1) is 5.92 Å². The first-order valence-electron chi connectivity index (χ1n) is 6.67. The Bertz CT molecular complexity index is 577. The predicted octanol–water partition coefficient (Wildman–Crippen LogP) is 0.825. The van der Waals surface area contributed by atoms with Gasteiger partial charge >= 0.3 is 5.97 Å². The van der Waals surface area contributed by atoms with Crippen LogP contribution < -0.4 is 4.72 Å². The Kier molecular flexibility index (Phi) is 4.44. The van der Waals surface area contributed by atoms with Gasteiger partial charge in [0, 0.05) is 12.2 Å². The third-order valence-electron chi connectivity index (χ3n) is 3.35. The zero-order valence-corrected chi connectivity index (χ0v) is 12.1. The Morgan fingerprint density at radius 3 is 2.85 bits per heavy atom. The van der Waals surface area contributed by atoms with Gasteiger partial charge in [-0.3, -0.25) is 9.48 Å². The normalized spacial score (nSPS) is 17.1. The molecule has 1 aliphatic carbocycles. The second-order valence-electron chi connectivity index (χ2n) is 5.17. The topological polar surface area (TPSA) is 101 Å². The van der Waals surface area contributed by atoms with E-state index in [1.165, 1.54) is 25.2 Å². The number of carboxylic acids is 1. The summed E-state index contributed by atoms with van der Waals surface area (Å²) in [4.78, 5) is 10.6. The molecule has 2 N–H and O–H groups in total. The molecule has 1 aliphatic rings. The van der Waals surface area contributed by atoms with E-state index in [-0.39, 0.29) is 17.5 Å². The van der Waals surface area contributed by atoms with E-state index in [9.17, 15) is 13.2 Å². The number of hydrogen-bond donors (Lipinski definition) is 2. The van der Waals surface area contributed by atoms with Gasteiger partial charge in [-0.1, -0.05) is 19.8 Å². The van der Waals surface area contributed by atoms with E-state index in [1.54, 1.807) is 0 Å². The number of carbonyl (C=O) groups is 1. The maximum Gasteiger partial charge on any atom is 0.325 e. The van der Waals surface area contributed by atoms with Crippen LogP contribution in [0.3, 0.4) is 0 Å². The van der Waals surface area contributed by atoms with E-state index in [0.29, 0.717) is 5.92 Å².